The summed E-state index contributed by atoms with van der Waals surface area (Å²) in [6.07, 6.45) is 3.71. The molecule has 1 saturated heterocycles. The van der Waals surface area contributed by atoms with E-state index in [1.807, 2.05) is 0 Å². The van der Waals surface area contributed by atoms with Crippen molar-refractivity contribution >= 4 is 17.4 Å². The fourth-order valence-corrected chi connectivity index (χ4v) is 3.36. The maximum Gasteiger partial charge on any atom is 0.0362 e. The van der Waals surface area contributed by atoms with Crippen molar-refractivity contribution in [2.45, 2.75) is 44.4 Å². The molecule has 1 aromatic rings. The van der Waals surface area contributed by atoms with Crippen molar-refractivity contribution < 1.29 is 0 Å². The van der Waals surface area contributed by atoms with E-state index in [1.165, 1.54) is 36.3 Å². The normalized spacial score (nSPS) is 24.6. The molecule has 0 aliphatic carbocycles. The number of rotatable bonds is 4. The first-order valence-corrected chi connectivity index (χ1v) is 7.30. The van der Waals surface area contributed by atoms with Crippen molar-refractivity contribution in [2.24, 2.45) is 0 Å². The quantitative estimate of drug-likeness (QED) is 0.848. The fraction of sp³-hybridized carbons (Fsp3) is 0.571. The van der Waals surface area contributed by atoms with Crippen LogP contribution < -0.4 is 5.32 Å². The number of anilines is 1. The van der Waals surface area contributed by atoms with Crippen LogP contribution in [0, 0.1) is 0 Å². The lowest BCUT2D eigenvalue weighted by Gasteiger charge is -2.13. The van der Waals surface area contributed by atoms with Crippen LogP contribution in [0.1, 0.15) is 32.3 Å². The highest BCUT2D eigenvalue weighted by Crippen LogP contribution is 2.28. The topological polar surface area (TPSA) is 12.0 Å². The van der Waals surface area contributed by atoms with Gasteiger partial charge in [0, 0.05) is 22.7 Å². The number of nitrogens with one attached hydrogen (secondary N) is 1. The van der Waals surface area contributed by atoms with Gasteiger partial charge in [-0.1, -0.05) is 32.4 Å². The molecule has 2 heteroatoms. The van der Waals surface area contributed by atoms with E-state index < -0.39 is 0 Å². The Bertz CT molecular complexity index is 320. The third-order valence-electron chi connectivity index (χ3n) is 3.06. The summed E-state index contributed by atoms with van der Waals surface area (Å²) in [5, 5.41) is 4.44. The number of benzene rings is 1. The third kappa shape index (κ3) is 3.18. The lowest BCUT2D eigenvalue weighted by Crippen LogP contribution is -2.18. The molecule has 0 radical (unpaired) electrons. The van der Waals surface area contributed by atoms with E-state index in [1.54, 1.807) is 0 Å². The average molecular weight is 235 g/mol. The summed E-state index contributed by atoms with van der Waals surface area (Å²) in [5.41, 5.74) is 2.72. The van der Waals surface area contributed by atoms with E-state index in [4.69, 9.17) is 0 Å². The average Bonchev–Trinajstić information content (AvgIpc) is 2.67. The van der Waals surface area contributed by atoms with E-state index in [0.717, 1.165) is 5.25 Å². The Balaban J connectivity index is 1.89. The minimum atomic E-state index is 0.664. The number of aryl methyl sites for hydroxylation is 1. The summed E-state index contributed by atoms with van der Waals surface area (Å²) in [4.78, 5) is 0. The van der Waals surface area contributed by atoms with Gasteiger partial charge in [-0.3, -0.25) is 0 Å². The zero-order chi connectivity index (χ0) is 11.4. The number of hydrogen-bond acceptors (Lipinski definition) is 2. The Morgan fingerprint density at radius 1 is 1.31 bits per heavy atom. The minimum Gasteiger partial charge on any atom is -0.381 e. The molecule has 0 amide bonds. The van der Waals surface area contributed by atoms with Gasteiger partial charge < -0.3 is 5.32 Å². The van der Waals surface area contributed by atoms with Crippen LogP contribution in [-0.4, -0.2) is 17.0 Å². The van der Waals surface area contributed by atoms with Gasteiger partial charge in [0.05, 0.1) is 0 Å². The summed E-state index contributed by atoms with van der Waals surface area (Å²) in [6.45, 7) is 4.54. The van der Waals surface area contributed by atoms with Crippen LogP contribution in [0.5, 0.6) is 0 Å². The van der Waals surface area contributed by atoms with Gasteiger partial charge >= 0.3 is 0 Å². The van der Waals surface area contributed by atoms with Crippen molar-refractivity contribution in [2.75, 3.05) is 11.1 Å². The molecule has 1 aromatic carbocycles. The van der Waals surface area contributed by atoms with Crippen LogP contribution in [0.3, 0.4) is 0 Å². The van der Waals surface area contributed by atoms with Crippen LogP contribution in [0.25, 0.3) is 0 Å². The van der Waals surface area contributed by atoms with Crippen LogP contribution in [0.15, 0.2) is 24.3 Å². The largest absolute Gasteiger partial charge is 0.381 e. The lowest BCUT2D eigenvalue weighted by molar-refractivity contribution is 0.747. The maximum absolute atomic E-state index is 3.62. The van der Waals surface area contributed by atoms with E-state index >= 15 is 0 Å². The standard InChI is InChI=1S/C14H21NS/c1-3-4-12-5-7-13(8-6-12)15-14-9-11(2)16-10-14/h5-8,11,14-15H,3-4,9-10H2,1-2H3. The molecule has 0 spiro atoms. The third-order valence-corrected chi connectivity index (χ3v) is 4.42. The van der Waals surface area contributed by atoms with Crippen molar-refractivity contribution in [1.82, 2.24) is 0 Å². The highest BCUT2D eigenvalue weighted by Gasteiger charge is 2.21. The van der Waals surface area contributed by atoms with E-state index in [-0.39, 0.29) is 0 Å². The van der Waals surface area contributed by atoms with Gasteiger partial charge in [-0.05, 0) is 30.5 Å². The molecule has 2 rings (SSSR count). The Labute approximate surface area is 103 Å². The van der Waals surface area contributed by atoms with Gasteiger partial charge in [-0.15, -0.1) is 0 Å². The highest BCUT2D eigenvalue weighted by atomic mass is 32.2. The molecule has 1 aliphatic rings. The summed E-state index contributed by atoms with van der Waals surface area (Å²) in [6, 6.07) is 9.60. The Kier molecular flexibility index (Phi) is 4.16. The molecule has 1 fully saturated rings. The Morgan fingerprint density at radius 2 is 2.06 bits per heavy atom. The van der Waals surface area contributed by atoms with Crippen LogP contribution in [0.4, 0.5) is 5.69 Å². The first-order chi connectivity index (χ1) is 7.78. The summed E-state index contributed by atoms with van der Waals surface area (Å²) in [7, 11) is 0. The molecule has 1 N–H and O–H groups in total. The van der Waals surface area contributed by atoms with Crippen LogP contribution in [-0.2, 0) is 6.42 Å². The molecule has 88 valence electrons. The molecule has 0 aromatic heterocycles. The van der Waals surface area contributed by atoms with E-state index in [2.05, 4.69) is 55.2 Å². The van der Waals surface area contributed by atoms with Gasteiger partial charge in [0.15, 0.2) is 0 Å². The SMILES string of the molecule is CCCc1ccc(NC2CSC(C)C2)cc1. The second kappa shape index (κ2) is 5.62. The van der Waals surface area contributed by atoms with Crippen molar-refractivity contribution in [3.63, 3.8) is 0 Å². The molecule has 2 atom stereocenters. The molecule has 2 unspecified atom stereocenters. The number of hydrogen-bond donors (Lipinski definition) is 1. The summed E-state index contributed by atoms with van der Waals surface area (Å²) < 4.78 is 0. The second-order valence-electron chi connectivity index (χ2n) is 4.67. The number of thioether (sulfide) groups is 1. The monoisotopic (exact) mass is 235 g/mol. The maximum atomic E-state index is 3.62. The van der Waals surface area contributed by atoms with Crippen molar-refractivity contribution in [3.05, 3.63) is 29.8 Å². The molecule has 1 nitrogen and oxygen atoms in total. The first kappa shape index (κ1) is 11.8. The molecular weight excluding hydrogens is 214 g/mol. The molecule has 0 bridgehead atoms. The lowest BCUT2D eigenvalue weighted by atomic mass is 10.1. The van der Waals surface area contributed by atoms with Gasteiger partial charge in [0.25, 0.3) is 0 Å². The second-order valence-corrected chi connectivity index (χ2v) is 6.14. The van der Waals surface area contributed by atoms with Gasteiger partial charge in [-0.25, -0.2) is 0 Å². The highest BCUT2D eigenvalue weighted by molar-refractivity contribution is 8.00. The first-order valence-electron chi connectivity index (χ1n) is 6.25. The summed E-state index contributed by atoms with van der Waals surface area (Å²) in [5.74, 6) is 1.25. The van der Waals surface area contributed by atoms with E-state index in [9.17, 15) is 0 Å². The molecule has 0 saturated carbocycles. The van der Waals surface area contributed by atoms with Crippen molar-refractivity contribution in [1.29, 1.82) is 0 Å². The van der Waals surface area contributed by atoms with Crippen LogP contribution in [0.2, 0.25) is 0 Å². The van der Waals surface area contributed by atoms with Gasteiger partial charge in [0.2, 0.25) is 0 Å². The zero-order valence-electron chi connectivity index (χ0n) is 10.2. The zero-order valence-corrected chi connectivity index (χ0v) is 11.0. The smallest absolute Gasteiger partial charge is 0.0362 e. The van der Waals surface area contributed by atoms with Crippen LogP contribution >= 0.6 is 11.8 Å². The van der Waals surface area contributed by atoms with E-state index in [0.29, 0.717) is 6.04 Å². The summed E-state index contributed by atoms with van der Waals surface area (Å²) >= 11 is 2.07. The van der Waals surface area contributed by atoms with Gasteiger partial charge in [0.1, 0.15) is 0 Å². The molecule has 16 heavy (non-hydrogen) atoms. The predicted molar refractivity (Wildman–Crippen MR) is 74.4 cm³/mol. The molecule has 1 heterocycles. The Hall–Kier alpha value is -0.630. The minimum absolute atomic E-state index is 0.664. The predicted octanol–water partition coefficient (Wildman–Crippen LogP) is 3.95. The van der Waals surface area contributed by atoms with Gasteiger partial charge in [-0.2, -0.15) is 11.8 Å². The van der Waals surface area contributed by atoms with Crippen molar-refractivity contribution in [3.8, 4) is 0 Å². The Morgan fingerprint density at radius 3 is 2.62 bits per heavy atom. The molecular formula is C14H21NS. The fourth-order valence-electron chi connectivity index (χ4n) is 2.21. The molecule has 1 aliphatic heterocycles.